The van der Waals surface area contributed by atoms with E-state index in [1.165, 1.54) is 5.41 Å². The lowest BCUT2D eigenvalue weighted by Crippen LogP contribution is -2.32. The van der Waals surface area contributed by atoms with Gasteiger partial charge in [-0.05, 0) is 13.0 Å². The number of nitrogens with one attached hydrogen (secondary N) is 1. The normalized spacial score (nSPS) is 21.6. The number of benzene rings is 1. The molecule has 0 aromatic heterocycles. The lowest BCUT2D eigenvalue weighted by molar-refractivity contribution is 0.385. The lowest BCUT2D eigenvalue weighted by Gasteiger charge is -2.20. The maximum absolute atomic E-state index is 11.4. The van der Waals surface area contributed by atoms with E-state index in [1.807, 2.05) is 25.1 Å². The first-order valence-electron chi connectivity index (χ1n) is 6.34. The van der Waals surface area contributed by atoms with Crippen LogP contribution in [0.4, 0.5) is 0 Å². The highest BCUT2D eigenvalue weighted by Crippen LogP contribution is 2.29. The predicted molar refractivity (Wildman–Crippen MR) is 77.8 cm³/mol. The summed E-state index contributed by atoms with van der Waals surface area (Å²) < 4.78 is 33.3. The second-order valence-corrected chi connectivity index (χ2v) is 6.69. The molecule has 20 heavy (non-hydrogen) atoms. The first-order chi connectivity index (χ1) is 9.45. The Morgan fingerprint density at radius 3 is 2.60 bits per heavy atom. The molecule has 1 N–H and O–H groups in total. The molecule has 0 radical (unpaired) electrons. The average Bonchev–Trinajstić information content (AvgIpc) is 2.76. The van der Waals surface area contributed by atoms with Crippen LogP contribution >= 0.6 is 0 Å². The smallest absolute Gasteiger partial charge is 0.173 e. The first-order valence-corrected chi connectivity index (χ1v) is 8.05. The molecule has 2 atom stereocenters. The molecule has 1 aromatic carbocycles. The number of hydrogen-bond donors (Lipinski definition) is 1. The van der Waals surface area contributed by atoms with Crippen LogP contribution in [0.2, 0.25) is 0 Å². The van der Waals surface area contributed by atoms with Gasteiger partial charge in [-0.15, -0.1) is 0 Å². The minimum atomic E-state index is -3.04. The molecule has 0 aliphatic carbocycles. The van der Waals surface area contributed by atoms with Crippen LogP contribution in [0.25, 0.3) is 0 Å². The second-order valence-electron chi connectivity index (χ2n) is 4.76. The summed E-state index contributed by atoms with van der Waals surface area (Å²) in [6.45, 7) is 1.98. The number of methoxy groups -OCH3 is 2. The van der Waals surface area contributed by atoms with Crippen LogP contribution in [-0.2, 0) is 9.84 Å². The molecular weight excluding hydrogens is 278 g/mol. The van der Waals surface area contributed by atoms with Crippen molar-refractivity contribution in [2.75, 3.05) is 20.0 Å². The molecule has 5 nitrogen and oxygen atoms in total. The highest BCUT2D eigenvalue weighted by atomic mass is 32.2. The Morgan fingerprint density at radius 1 is 1.30 bits per heavy atom. The molecule has 110 valence electrons. The summed E-state index contributed by atoms with van der Waals surface area (Å²) in [7, 11) is 0.160. The van der Waals surface area contributed by atoms with E-state index in [2.05, 4.69) is 5.32 Å². The summed E-state index contributed by atoms with van der Waals surface area (Å²) in [4.78, 5) is 0. The zero-order valence-electron chi connectivity index (χ0n) is 11.8. The van der Waals surface area contributed by atoms with Crippen LogP contribution in [-0.4, -0.2) is 34.4 Å². The van der Waals surface area contributed by atoms with Crippen LogP contribution in [0.3, 0.4) is 0 Å². The first kappa shape index (κ1) is 14.9. The van der Waals surface area contributed by atoms with Gasteiger partial charge >= 0.3 is 0 Å². The SMILES string of the molecule is COc1ccc(C(C)NC2C=CS(=O)(=O)C2)c(OC)c1. The third-order valence-electron chi connectivity index (χ3n) is 3.30. The zero-order valence-corrected chi connectivity index (χ0v) is 12.6. The van der Waals surface area contributed by atoms with Crippen molar-refractivity contribution < 1.29 is 17.9 Å². The summed E-state index contributed by atoms with van der Waals surface area (Å²) in [5, 5.41) is 4.54. The van der Waals surface area contributed by atoms with Crippen LogP contribution in [0.5, 0.6) is 11.5 Å². The van der Waals surface area contributed by atoms with Gasteiger partial charge in [0.1, 0.15) is 11.5 Å². The van der Waals surface area contributed by atoms with Crippen molar-refractivity contribution in [3.63, 3.8) is 0 Å². The molecule has 1 aliphatic rings. The molecule has 1 aliphatic heterocycles. The summed E-state index contributed by atoms with van der Waals surface area (Å²) >= 11 is 0. The van der Waals surface area contributed by atoms with E-state index in [1.54, 1.807) is 20.3 Å². The third kappa shape index (κ3) is 3.32. The van der Waals surface area contributed by atoms with Crippen LogP contribution in [0, 0.1) is 0 Å². The number of rotatable bonds is 5. The average molecular weight is 297 g/mol. The molecule has 2 rings (SSSR count). The Bertz CT molecular complexity index is 610. The molecule has 0 bridgehead atoms. The summed E-state index contributed by atoms with van der Waals surface area (Å²) in [6.07, 6.45) is 1.68. The van der Waals surface area contributed by atoms with E-state index < -0.39 is 9.84 Å². The quantitative estimate of drug-likeness (QED) is 0.895. The van der Waals surface area contributed by atoms with Gasteiger partial charge in [-0.25, -0.2) is 8.42 Å². The molecule has 1 heterocycles. The molecule has 6 heteroatoms. The lowest BCUT2D eigenvalue weighted by atomic mass is 10.1. The van der Waals surface area contributed by atoms with E-state index in [-0.39, 0.29) is 17.8 Å². The van der Waals surface area contributed by atoms with Crippen molar-refractivity contribution >= 4 is 9.84 Å². The van der Waals surface area contributed by atoms with Crippen molar-refractivity contribution in [1.29, 1.82) is 0 Å². The fraction of sp³-hybridized carbons (Fsp3) is 0.429. The van der Waals surface area contributed by atoms with Gasteiger partial charge in [0.25, 0.3) is 0 Å². The van der Waals surface area contributed by atoms with Gasteiger partial charge in [-0.3, -0.25) is 0 Å². The van der Waals surface area contributed by atoms with Crippen LogP contribution in [0.15, 0.2) is 29.7 Å². The zero-order chi connectivity index (χ0) is 14.8. The highest BCUT2D eigenvalue weighted by molar-refractivity contribution is 7.94. The topological polar surface area (TPSA) is 64.6 Å². The molecule has 2 unspecified atom stereocenters. The van der Waals surface area contributed by atoms with Crippen molar-refractivity contribution in [3.8, 4) is 11.5 Å². The van der Waals surface area contributed by atoms with E-state index in [0.717, 1.165) is 11.3 Å². The minimum Gasteiger partial charge on any atom is -0.497 e. The van der Waals surface area contributed by atoms with E-state index in [0.29, 0.717) is 5.75 Å². The van der Waals surface area contributed by atoms with Crippen LogP contribution < -0.4 is 14.8 Å². The predicted octanol–water partition coefficient (Wildman–Crippen LogP) is 1.67. The third-order valence-corrected chi connectivity index (χ3v) is 4.70. The molecule has 0 amide bonds. The Labute approximate surface area is 119 Å². The van der Waals surface area contributed by atoms with Crippen molar-refractivity contribution in [1.82, 2.24) is 5.32 Å². The number of hydrogen-bond acceptors (Lipinski definition) is 5. The fourth-order valence-corrected chi connectivity index (χ4v) is 3.51. The monoisotopic (exact) mass is 297 g/mol. The minimum absolute atomic E-state index is 0.0289. The fourth-order valence-electron chi connectivity index (χ4n) is 2.27. The standard InChI is InChI=1S/C14H19NO4S/c1-10(15-11-6-7-20(16,17)9-11)13-5-4-12(18-2)8-14(13)19-3/h4-8,10-11,15H,9H2,1-3H3. The maximum atomic E-state index is 11.4. The van der Waals surface area contributed by atoms with E-state index in [9.17, 15) is 8.42 Å². The highest BCUT2D eigenvalue weighted by Gasteiger charge is 2.24. The van der Waals surface area contributed by atoms with Gasteiger partial charge < -0.3 is 14.8 Å². The molecule has 0 saturated heterocycles. The Morgan fingerprint density at radius 2 is 2.05 bits per heavy atom. The molecule has 0 fully saturated rings. The largest absolute Gasteiger partial charge is 0.497 e. The van der Waals surface area contributed by atoms with Gasteiger partial charge in [0.15, 0.2) is 9.84 Å². The van der Waals surface area contributed by atoms with Gasteiger partial charge in [0.2, 0.25) is 0 Å². The van der Waals surface area contributed by atoms with Gasteiger partial charge in [-0.2, -0.15) is 0 Å². The summed E-state index contributed by atoms with van der Waals surface area (Å²) in [5.41, 5.74) is 0.964. The van der Waals surface area contributed by atoms with Gasteiger partial charge in [0, 0.05) is 29.1 Å². The Kier molecular flexibility index (Phi) is 4.35. The van der Waals surface area contributed by atoms with Crippen molar-refractivity contribution in [3.05, 3.63) is 35.2 Å². The van der Waals surface area contributed by atoms with Crippen LogP contribution in [0.1, 0.15) is 18.5 Å². The molecular formula is C14H19NO4S. The maximum Gasteiger partial charge on any atom is 0.173 e. The Hall–Kier alpha value is -1.53. The molecule has 0 spiro atoms. The van der Waals surface area contributed by atoms with Gasteiger partial charge in [0.05, 0.1) is 20.0 Å². The molecule has 1 aromatic rings. The summed E-state index contributed by atoms with van der Waals surface area (Å²) in [6, 6.07) is 5.40. The summed E-state index contributed by atoms with van der Waals surface area (Å²) in [5.74, 6) is 1.55. The van der Waals surface area contributed by atoms with Crippen molar-refractivity contribution in [2.24, 2.45) is 0 Å². The van der Waals surface area contributed by atoms with Gasteiger partial charge in [-0.1, -0.05) is 12.1 Å². The van der Waals surface area contributed by atoms with E-state index in [4.69, 9.17) is 9.47 Å². The van der Waals surface area contributed by atoms with E-state index >= 15 is 0 Å². The number of ether oxygens (including phenoxy) is 2. The number of sulfone groups is 1. The Balaban J connectivity index is 2.13. The van der Waals surface area contributed by atoms with Crippen molar-refractivity contribution in [2.45, 2.75) is 19.0 Å². The second kappa shape index (κ2) is 5.85. The molecule has 0 saturated carbocycles.